The minimum absolute atomic E-state index is 0. The number of halogens is 2. The minimum atomic E-state index is -0.188. The zero-order valence-electron chi connectivity index (χ0n) is 14.9. The first-order chi connectivity index (χ1) is 12.0. The molecule has 0 bridgehead atoms. The first kappa shape index (κ1) is 22.9. The van der Waals surface area contributed by atoms with Gasteiger partial charge in [-0.05, 0) is 18.6 Å². The van der Waals surface area contributed by atoms with E-state index in [-0.39, 0.29) is 36.7 Å². The van der Waals surface area contributed by atoms with E-state index in [0.717, 1.165) is 23.6 Å². The highest BCUT2D eigenvalue weighted by Crippen LogP contribution is 2.30. The molecule has 1 aromatic rings. The number of carbonyl (C=O) groups excluding carboxylic acids is 2. The van der Waals surface area contributed by atoms with Gasteiger partial charge in [-0.3, -0.25) is 9.59 Å². The van der Waals surface area contributed by atoms with Gasteiger partial charge in [-0.15, -0.1) is 12.4 Å². The molecule has 1 aliphatic rings. The van der Waals surface area contributed by atoms with Gasteiger partial charge >= 0.3 is 0 Å². The van der Waals surface area contributed by atoms with Crippen LogP contribution in [0.2, 0.25) is 5.02 Å². The second-order valence-electron chi connectivity index (χ2n) is 5.88. The highest BCUT2D eigenvalue weighted by atomic mass is 35.5. The number of hydrogen-bond donors (Lipinski definition) is 3. The van der Waals surface area contributed by atoms with Gasteiger partial charge in [0.25, 0.3) is 0 Å². The van der Waals surface area contributed by atoms with E-state index in [1.807, 2.05) is 18.7 Å². The average Bonchev–Trinajstić information content (AvgIpc) is 2.58. The Labute approximate surface area is 169 Å². The molecular formula is C17H25Cl2N3O3S. The van der Waals surface area contributed by atoms with Crippen molar-refractivity contribution in [2.45, 2.75) is 25.8 Å². The van der Waals surface area contributed by atoms with Gasteiger partial charge in [0.15, 0.2) is 0 Å². The van der Waals surface area contributed by atoms with E-state index >= 15 is 0 Å². The Morgan fingerprint density at radius 3 is 2.81 bits per heavy atom. The van der Waals surface area contributed by atoms with Crippen molar-refractivity contribution in [3.63, 3.8) is 0 Å². The molecule has 9 heteroatoms. The molecule has 26 heavy (non-hydrogen) atoms. The Morgan fingerprint density at radius 1 is 1.38 bits per heavy atom. The summed E-state index contributed by atoms with van der Waals surface area (Å²) < 4.78 is 5.23. The fourth-order valence-electron chi connectivity index (χ4n) is 2.50. The third kappa shape index (κ3) is 7.23. The second-order valence-corrected chi connectivity index (χ2v) is 7.44. The lowest BCUT2D eigenvalue weighted by molar-refractivity contribution is -0.121. The molecule has 0 spiro atoms. The van der Waals surface area contributed by atoms with Gasteiger partial charge in [-0.1, -0.05) is 11.6 Å². The number of thioether (sulfide) groups is 1. The van der Waals surface area contributed by atoms with Crippen molar-refractivity contribution < 1.29 is 14.3 Å². The molecule has 1 fully saturated rings. The van der Waals surface area contributed by atoms with Crippen LogP contribution in [0, 0.1) is 6.92 Å². The number of carbonyl (C=O) groups is 2. The summed E-state index contributed by atoms with van der Waals surface area (Å²) in [6, 6.07) is 3.65. The number of anilines is 1. The molecule has 0 saturated carbocycles. The van der Waals surface area contributed by atoms with Crippen LogP contribution in [0.3, 0.4) is 0 Å². The number of benzene rings is 1. The van der Waals surface area contributed by atoms with Crippen LogP contribution in [-0.2, 0) is 9.59 Å². The summed E-state index contributed by atoms with van der Waals surface area (Å²) >= 11 is 7.91. The van der Waals surface area contributed by atoms with Gasteiger partial charge in [0, 0.05) is 54.6 Å². The molecule has 2 amide bonds. The Bertz CT molecular complexity index is 626. The normalized spacial score (nSPS) is 16.3. The summed E-state index contributed by atoms with van der Waals surface area (Å²) in [5.74, 6) is 2.32. The van der Waals surface area contributed by atoms with Crippen molar-refractivity contribution in [1.82, 2.24) is 10.6 Å². The maximum Gasteiger partial charge on any atom is 0.226 e. The van der Waals surface area contributed by atoms with E-state index in [1.54, 1.807) is 12.1 Å². The van der Waals surface area contributed by atoms with Crippen molar-refractivity contribution in [1.29, 1.82) is 0 Å². The molecule has 0 aromatic heterocycles. The number of aryl methyl sites for hydroxylation is 1. The number of nitrogens with one attached hydrogen (secondary N) is 3. The maximum absolute atomic E-state index is 12.1. The zero-order valence-corrected chi connectivity index (χ0v) is 17.3. The van der Waals surface area contributed by atoms with Gasteiger partial charge < -0.3 is 20.7 Å². The molecule has 2 rings (SSSR count). The molecule has 146 valence electrons. The van der Waals surface area contributed by atoms with Crippen molar-refractivity contribution in [2.75, 3.05) is 37.0 Å². The number of amides is 2. The minimum Gasteiger partial charge on any atom is -0.495 e. The van der Waals surface area contributed by atoms with Crippen molar-refractivity contribution >= 4 is 53.3 Å². The number of ether oxygens (including phenoxy) is 1. The van der Waals surface area contributed by atoms with Crippen molar-refractivity contribution in [3.05, 3.63) is 22.7 Å². The summed E-state index contributed by atoms with van der Waals surface area (Å²) in [7, 11) is 1.52. The molecule has 1 aliphatic heterocycles. The van der Waals surface area contributed by atoms with Gasteiger partial charge in [-0.25, -0.2) is 0 Å². The average molecular weight is 422 g/mol. The molecule has 1 unspecified atom stereocenters. The number of methoxy groups -OCH3 is 1. The molecule has 0 aliphatic carbocycles. The SMILES string of the molecule is COc1cc(Cl)c(C)cc1NC(=O)CCNC(=O)CC1CSCCN1.Cl. The smallest absolute Gasteiger partial charge is 0.226 e. The van der Waals surface area contributed by atoms with Gasteiger partial charge in [-0.2, -0.15) is 11.8 Å². The van der Waals surface area contributed by atoms with Crippen LogP contribution in [0.1, 0.15) is 18.4 Å². The highest BCUT2D eigenvalue weighted by Gasteiger charge is 2.16. The first-order valence-corrected chi connectivity index (χ1v) is 9.74. The largest absolute Gasteiger partial charge is 0.495 e. The fourth-order valence-corrected chi connectivity index (χ4v) is 3.61. The lowest BCUT2D eigenvalue weighted by Gasteiger charge is -2.22. The molecule has 1 aromatic carbocycles. The number of hydrogen-bond acceptors (Lipinski definition) is 5. The zero-order chi connectivity index (χ0) is 18.2. The Hall–Kier alpha value is -1.15. The van der Waals surface area contributed by atoms with Crippen molar-refractivity contribution in [2.24, 2.45) is 0 Å². The molecule has 1 heterocycles. The van der Waals surface area contributed by atoms with Crippen LogP contribution in [0.5, 0.6) is 5.75 Å². The lowest BCUT2D eigenvalue weighted by Crippen LogP contribution is -2.41. The maximum atomic E-state index is 12.1. The van der Waals surface area contributed by atoms with E-state index in [1.165, 1.54) is 7.11 Å². The molecule has 1 saturated heterocycles. The van der Waals surface area contributed by atoms with Crippen molar-refractivity contribution in [3.8, 4) is 5.75 Å². The van der Waals surface area contributed by atoms with Crippen LogP contribution in [-0.4, -0.2) is 49.6 Å². The predicted octanol–water partition coefficient (Wildman–Crippen LogP) is 2.62. The van der Waals surface area contributed by atoms with E-state index in [4.69, 9.17) is 16.3 Å². The van der Waals surface area contributed by atoms with E-state index in [9.17, 15) is 9.59 Å². The monoisotopic (exact) mass is 421 g/mol. The summed E-state index contributed by atoms with van der Waals surface area (Å²) in [6.07, 6.45) is 0.641. The highest BCUT2D eigenvalue weighted by molar-refractivity contribution is 7.99. The first-order valence-electron chi connectivity index (χ1n) is 8.21. The van der Waals surface area contributed by atoms with Crippen LogP contribution in [0.25, 0.3) is 0 Å². The van der Waals surface area contributed by atoms with Gasteiger partial charge in [0.1, 0.15) is 5.75 Å². The molecular weight excluding hydrogens is 397 g/mol. The molecule has 6 nitrogen and oxygen atoms in total. The summed E-state index contributed by atoms with van der Waals surface area (Å²) in [4.78, 5) is 24.0. The summed E-state index contributed by atoms with van der Waals surface area (Å²) in [5.41, 5.74) is 1.42. The quantitative estimate of drug-likeness (QED) is 0.630. The molecule has 0 radical (unpaired) electrons. The summed E-state index contributed by atoms with van der Waals surface area (Å²) in [6.45, 7) is 3.10. The molecule has 1 atom stereocenters. The Balaban J connectivity index is 0.00000338. The molecule has 3 N–H and O–H groups in total. The van der Waals surface area contributed by atoms with Crippen LogP contribution in [0.15, 0.2) is 12.1 Å². The fraction of sp³-hybridized carbons (Fsp3) is 0.529. The van der Waals surface area contributed by atoms with E-state index < -0.39 is 0 Å². The lowest BCUT2D eigenvalue weighted by atomic mass is 10.2. The Kier molecular flexibility index (Phi) is 10.2. The number of rotatable bonds is 7. The van der Waals surface area contributed by atoms with Crippen LogP contribution in [0.4, 0.5) is 5.69 Å². The van der Waals surface area contributed by atoms with Crippen LogP contribution >= 0.6 is 35.8 Å². The standard InChI is InChI=1S/C17H24ClN3O3S.ClH/c1-11-7-14(15(24-2)9-13(11)18)21-16(22)3-4-20-17(23)8-12-10-25-6-5-19-12;/h7,9,12,19H,3-6,8,10H2,1-2H3,(H,20,23)(H,21,22);1H. The van der Waals surface area contributed by atoms with E-state index in [2.05, 4.69) is 16.0 Å². The summed E-state index contributed by atoms with van der Waals surface area (Å²) in [5, 5.41) is 9.49. The van der Waals surface area contributed by atoms with E-state index in [0.29, 0.717) is 29.4 Å². The third-order valence-electron chi connectivity index (χ3n) is 3.86. The predicted molar refractivity (Wildman–Crippen MR) is 110 cm³/mol. The third-order valence-corrected chi connectivity index (χ3v) is 5.40. The topological polar surface area (TPSA) is 79.5 Å². The van der Waals surface area contributed by atoms with Gasteiger partial charge in [0.05, 0.1) is 12.8 Å². The Morgan fingerprint density at radius 2 is 2.15 bits per heavy atom. The van der Waals surface area contributed by atoms with Gasteiger partial charge in [0.2, 0.25) is 11.8 Å². The van der Waals surface area contributed by atoms with Crippen LogP contribution < -0.4 is 20.7 Å². The second kappa shape index (κ2) is 11.5.